The molecule has 3 aliphatic rings. The molecule has 1 spiro atoms. The highest BCUT2D eigenvalue weighted by Crippen LogP contribution is 2.58. The largest absolute Gasteiger partial charge is 0.342 e. The minimum absolute atomic E-state index is 0.236. The zero-order valence-electron chi connectivity index (χ0n) is 17.7. The van der Waals surface area contributed by atoms with Gasteiger partial charge in [0.1, 0.15) is 0 Å². The van der Waals surface area contributed by atoms with Crippen molar-refractivity contribution in [3.05, 3.63) is 60.2 Å². The third-order valence-electron chi connectivity index (χ3n) is 7.64. The first-order valence-electron chi connectivity index (χ1n) is 11.6. The highest BCUT2D eigenvalue weighted by atomic mass is 16.2. The van der Waals surface area contributed by atoms with Crippen molar-refractivity contribution >= 4 is 5.91 Å². The first-order chi connectivity index (χ1) is 14.8. The quantitative estimate of drug-likeness (QED) is 0.772. The van der Waals surface area contributed by atoms with Crippen LogP contribution >= 0.6 is 0 Å². The van der Waals surface area contributed by atoms with Gasteiger partial charge >= 0.3 is 0 Å². The molecule has 0 aromatic carbocycles. The highest BCUT2D eigenvalue weighted by molar-refractivity contribution is 5.78. The number of pyridine rings is 2. The summed E-state index contributed by atoms with van der Waals surface area (Å²) in [7, 11) is 0. The van der Waals surface area contributed by atoms with E-state index < -0.39 is 0 Å². The Balaban J connectivity index is 1.24. The summed E-state index contributed by atoms with van der Waals surface area (Å²) >= 11 is 0. The summed E-state index contributed by atoms with van der Waals surface area (Å²) in [4.78, 5) is 25.9. The Kier molecular flexibility index (Phi) is 5.55. The number of amides is 1. The van der Waals surface area contributed by atoms with Crippen LogP contribution < -0.4 is 0 Å². The van der Waals surface area contributed by atoms with Gasteiger partial charge in [0.25, 0.3) is 0 Å². The van der Waals surface area contributed by atoms with Crippen molar-refractivity contribution in [2.75, 3.05) is 19.6 Å². The fourth-order valence-corrected chi connectivity index (χ4v) is 6.13. The minimum atomic E-state index is 0.236. The van der Waals surface area contributed by atoms with Crippen LogP contribution in [-0.4, -0.2) is 51.4 Å². The lowest BCUT2D eigenvalue weighted by Gasteiger charge is -2.63. The second kappa shape index (κ2) is 8.46. The van der Waals surface area contributed by atoms with E-state index in [1.165, 1.54) is 44.2 Å². The van der Waals surface area contributed by atoms with Crippen molar-refractivity contribution in [1.82, 2.24) is 19.8 Å². The molecule has 3 fully saturated rings. The van der Waals surface area contributed by atoms with E-state index in [0.717, 1.165) is 31.5 Å². The van der Waals surface area contributed by atoms with Gasteiger partial charge < -0.3 is 4.90 Å². The van der Waals surface area contributed by atoms with Crippen LogP contribution in [0.25, 0.3) is 0 Å². The fraction of sp³-hybridized carbons (Fsp3) is 0.560. The molecule has 158 valence electrons. The summed E-state index contributed by atoms with van der Waals surface area (Å²) in [6.45, 7) is 2.97. The molecule has 0 N–H and O–H groups in total. The molecule has 2 aromatic rings. The number of piperidine rings is 1. The van der Waals surface area contributed by atoms with Gasteiger partial charge in [0.15, 0.2) is 0 Å². The van der Waals surface area contributed by atoms with Crippen LogP contribution in [0.5, 0.6) is 0 Å². The van der Waals surface area contributed by atoms with Gasteiger partial charge in [-0.1, -0.05) is 25.3 Å². The zero-order chi connectivity index (χ0) is 20.4. The second-order valence-electron chi connectivity index (χ2n) is 9.43. The number of carbonyl (C=O) groups is 1. The summed E-state index contributed by atoms with van der Waals surface area (Å²) in [5.41, 5.74) is 2.91. The second-order valence-corrected chi connectivity index (χ2v) is 9.43. The normalized spacial score (nSPS) is 24.5. The molecule has 1 aliphatic carbocycles. The van der Waals surface area contributed by atoms with Crippen LogP contribution in [0.3, 0.4) is 0 Å². The van der Waals surface area contributed by atoms with Gasteiger partial charge in [-0.15, -0.1) is 0 Å². The predicted octanol–water partition coefficient (Wildman–Crippen LogP) is 4.02. The molecule has 2 aliphatic heterocycles. The van der Waals surface area contributed by atoms with E-state index in [9.17, 15) is 4.79 Å². The first-order valence-corrected chi connectivity index (χ1v) is 11.6. The van der Waals surface area contributed by atoms with E-state index in [-0.39, 0.29) is 5.91 Å². The van der Waals surface area contributed by atoms with Crippen LogP contribution in [0, 0.1) is 5.41 Å². The number of likely N-dealkylation sites (tertiary alicyclic amines) is 2. The number of aromatic nitrogens is 2. The van der Waals surface area contributed by atoms with E-state index in [0.29, 0.717) is 23.9 Å². The maximum atomic E-state index is 12.7. The van der Waals surface area contributed by atoms with Crippen LogP contribution in [0.4, 0.5) is 0 Å². The molecule has 5 nitrogen and oxygen atoms in total. The average Bonchev–Trinajstić information content (AvgIpc) is 2.80. The Morgan fingerprint density at radius 1 is 1.00 bits per heavy atom. The lowest BCUT2D eigenvalue weighted by Crippen LogP contribution is -2.63. The number of rotatable bonds is 4. The standard InChI is InChI=1S/C25H32N4O/c30-23(17-20-5-4-12-27-18-20)28-15-8-22(9-16-28)29-19-25(10-2-1-3-11-25)24(29)21-6-13-26-14-7-21/h4-7,12-14,18,22,24H,1-3,8-11,15-17,19H2. The lowest BCUT2D eigenvalue weighted by atomic mass is 9.60. The van der Waals surface area contributed by atoms with Crippen molar-refractivity contribution in [3.8, 4) is 0 Å². The van der Waals surface area contributed by atoms with Gasteiger partial charge in [-0.3, -0.25) is 19.7 Å². The maximum absolute atomic E-state index is 12.7. The Morgan fingerprint density at radius 3 is 2.47 bits per heavy atom. The molecule has 0 bridgehead atoms. The molecular weight excluding hydrogens is 372 g/mol. The molecule has 1 amide bonds. The molecule has 1 unspecified atom stereocenters. The monoisotopic (exact) mass is 404 g/mol. The van der Waals surface area contributed by atoms with Gasteiger partial charge in [0, 0.05) is 61.9 Å². The Bertz CT molecular complexity index is 842. The van der Waals surface area contributed by atoms with Gasteiger partial charge in [-0.25, -0.2) is 0 Å². The van der Waals surface area contributed by atoms with Crippen molar-refractivity contribution < 1.29 is 4.79 Å². The molecule has 1 saturated carbocycles. The van der Waals surface area contributed by atoms with E-state index in [2.05, 4.69) is 31.9 Å². The Labute approximate surface area is 179 Å². The van der Waals surface area contributed by atoms with Crippen molar-refractivity contribution in [2.45, 2.75) is 63.5 Å². The third kappa shape index (κ3) is 3.76. The van der Waals surface area contributed by atoms with E-state index in [4.69, 9.17) is 0 Å². The van der Waals surface area contributed by atoms with Crippen molar-refractivity contribution in [1.29, 1.82) is 0 Å². The molecule has 30 heavy (non-hydrogen) atoms. The van der Waals surface area contributed by atoms with Gasteiger partial charge in [-0.2, -0.15) is 0 Å². The number of carbonyl (C=O) groups excluding carboxylic acids is 1. The van der Waals surface area contributed by atoms with Crippen LogP contribution in [0.15, 0.2) is 49.1 Å². The third-order valence-corrected chi connectivity index (χ3v) is 7.64. The number of hydrogen-bond donors (Lipinski definition) is 0. The smallest absolute Gasteiger partial charge is 0.227 e. The molecule has 1 atom stereocenters. The Hall–Kier alpha value is -2.27. The van der Waals surface area contributed by atoms with Gasteiger partial charge in [0.2, 0.25) is 5.91 Å². The molecule has 5 rings (SSSR count). The zero-order valence-corrected chi connectivity index (χ0v) is 17.7. The molecule has 0 radical (unpaired) electrons. The lowest BCUT2D eigenvalue weighted by molar-refractivity contribution is -0.143. The topological polar surface area (TPSA) is 49.3 Å². The summed E-state index contributed by atoms with van der Waals surface area (Å²) < 4.78 is 0. The van der Waals surface area contributed by atoms with Crippen molar-refractivity contribution in [3.63, 3.8) is 0 Å². The SMILES string of the molecule is O=C(Cc1cccnc1)N1CCC(N2CC3(CCCCC3)C2c2ccncc2)CC1. The van der Waals surface area contributed by atoms with E-state index >= 15 is 0 Å². The molecule has 4 heterocycles. The average molecular weight is 405 g/mol. The summed E-state index contributed by atoms with van der Waals surface area (Å²) in [5, 5.41) is 0. The van der Waals surface area contributed by atoms with E-state index in [1.807, 2.05) is 24.5 Å². The maximum Gasteiger partial charge on any atom is 0.227 e. The van der Waals surface area contributed by atoms with Crippen molar-refractivity contribution in [2.24, 2.45) is 5.41 Å². The fourth-order valence-electron chi connectivity index (χ4n) is 6.13. The van der Waals surface area contributed by atoms with Crippen LogP contribution in [0.1, 0.15) is 62.1 Å². The minimum Gasteiger partial charge on any atom is -0.342 e. The Morgan fingerprint density at radius 2 is 1.77 bits per heavy atom. The molecular formula is C25H32N4O. The molecule has 2 saturated heterocycles. The molecule has 2 aromatic heterocycles. The van der Waals surface area contributed by atoms with Crippen LogP contribution in [0.2, 0.25) is 0 Å². The van der Waals surface area contributed by atoms with Crippen LogP contribution in [-0.2, 0) is 11.2 Å². The molecule has 5 heteroatoms. The highest BCUT2D eigenvalue weighted by Gasteiger charge is 2.54. The summed E-state index contributed by atoms with van der Waals surface area (Å²) in [6.07, 6.45) is 16.9. The number of hydrogen-bond acceptors (Lipinski definition) is 4. The predicted molar refractivity (Wildman–Crippen MR) is 117 cm³/mol. The first kappa shape index (κ1) is 19.7. The van der Waals surface area contributed by atoms with E-state index in [1.54, 1.807) is 12.4 Å². The van der Waals surface area contributed by atoms with Gasteiger partial charge in [-0.05, 0) is 55.0 Å². The summed E-state index contributed by atoms with van der Waals surface area (Å²) in [6, 6.07) is 9.45. The van der Waals surface area contributed by atoms with Gasteiger partial charge in [0.05, 0.1) is 6.42 Å². The number of nitrogens with zero attached hydrogens (tertiary/aromatic N) is 4. The summed E-state index contributed by atoms with van der Waals surface area (Å²) in [5.74, 6) is 0.236.